The number of aromatic nitrogens is 2. The van der Waals surface area contributed by atoms with Gasteiger partial charge in [-0.2, -0.15) is 0 Å². The van der Waals surface area contributed by atoms with Gasteiger partial charge in [-0.05, 0) is 13.0 Å². The zero-order chi connectivity index (χ0) is 9.42. The molecule has 4 nitrogen and oxygen atoms in total. The maximum atomic E-state index is 11.0. The van der Waals surface area contributed by atoms with Crippen LogP contribution in [0, 0.1) is 6.92 Å². The van der Waals surface area contributed by atoms with E-state index in [4.69, 9.17) is 5.73 Å². The van der Waals surface area contributed by atoms with E-state index in [2.05, 4.69) is 9.97 Å². The SMILES string of the molecule is Cc1ncc(C(N)=O)c2[nH]ccc12. The summed E-state index contributed by atoms with van der Waals surface area (Å²) >= 11 is 0. The lowest BCUT2D eigenvalue weighted by Gasteiger charge is -1.99. The van der Waals surface area contributed by atoms with E-state index in [1.807, 2.05) is 13.0 Å². The molecule has 0 saturated heterocycles. The molecule has 0 saturated carbocycles. The topological polar surface area (TPSA) is 71.8 Å². The van der Waals surface area contributed by atoms with Crippen molar-refractivity contribution in [3.63, 3.8) is 0 Å². The largest absolute Gasteiger partial charge is 0.365 e. The first kappa shape index (κ1) is 7.79. The Morgan fingerprint density at radius 1 is 1.62 bits per heavy atom. The maximum Gasteiger partial charge on any atom is 0.252 e. The fraction of sp³-hybridized carbons (Fsp3) is 0.111. The van der Waals surface area contributed by atoms with Crippen LogP contribution in [-0.4, -0.2) is 15.9 Å². The predicted molar refractivity (Wildman–Crippen MR) is 49.3 cm³/mol. The first-order chi connectivity index (χ1) is 6.20. The van der Waals surface area contributed by atoms with Crippen molar-refractivity contribution in [2.45, 2.75) is 6.92 Å². The second kappa shape index (κ2) is 2.58. The zero-order valence-electron chi connectivity index (χ0n) is 7.16. The number of carbonyl (C=O) groups excluding carboxylic acids is 1. The number of primary amides is 1. The molecule has 0 aliphatic heterocycles. The van der Waals surface area contributed by atoms with Gasteiger partial charge >= 0.3 is 0 Å². The van der Waals surface area contributed by atoms with E-state index in [0.29, 0.717) is 5.56 Å². The van der Waals surface area contributed by atoms with Crippen molar-refractivity contribution in [1.29, 1.82) is 0 Å². The number of hydrogen-bond acceptors (Lipinski definition) is 2. The molecule has 1 amide bonds. The third-order valence-electron chi connectivity index (χ3n) is 2.06. The normalized spacial score (nSPS) is 10.5. The van der Waals surface area contributed by atoms with Crippen molar-refractivity contribution < 1.29 is 4.79 Å². The number of H-pyrrole nitrogens is 1. The van der Waals surface area contributed by atoms with E-state index in [0.717, 1.165) is 16.6 Å². The Kier molecular flexibility index (Phi) is 1.55. The summed E-state index contributed by atoms with van der Waals surface area (Å²) in [4.78, 5) is 18.0. The smallest absolute Gasteiger partial charge is 0.252 e. The summed E-state index contributed by atoms with van der Waals surface area (Å²) < 4.78 is 0. The Balaban J connectivity index is 2.86. The van der Waals surface area contributed by atoms with E-state index in [-0.39, 0.29) is 0 Å². The lowest BCUT2D eigenvalue weighted by atomic mass is 10.1. The minimum absolute atomic E-state index is 0.436. The second-order valence-electron chi connectivity index (χ2n) is 2.89. The van der Waals surface area contributed by atoms with Crippen molar-refractivity contribution in [1.82, 2.24) is 9.97 Å². The molecule has 4 heteroatoms. The number of hydrogen-bond donors (Lipinski definition) is 2. The molecule has 13 heavy (non-hydrogen) atoms. The highest BCUT2D eigenvalue weighted by Gasteiger charge is 2.09. The molecule has 0 aromatic carbocycles. The average Bonchev–Trinajstić information content (AvgIpc) is 2.53. The summed E-state index contributed by atoms with van der Waals surface area (Å²) in [5.74, 6) is -0.458. The lowest BCUT2D eigenvalue weighted by Crippen LogP contribution is -2.12. The van der Waals surface area contributed by atoms with Gasteiger partial charge < -0.3 is 10.7 Å². The number of nitrogens with zero attached hydrogens (tertiary/aromatic N) is 1. The van der Waals surface area contributed by atoms with Gasteiger partial charge in [-0.3, -0.25) is 9.78 Å². The number of aromatic amines is 1. The van der Waals surface area contributed by atoms with Gasteiger partial charge in [-0.1, -0.05) is 0 Å². The fourth-order valence-corrected chi connectivity index (χ4v) is 1.38. The van der Waals surface area contributed by atoms with Crippen LogP contribution in [-0.2, 0) is 0 Å². The van der Waals surface area contributed by atoms with Crippen LogP contribution in [0.25, 0.3) is 10.9 Å². The number of carbonyl (C=O) groups is 1. The number of nitrogens with two attached hydrogens (primary N) is 1. The van der Waals surface area contributed by atoms with Gasteiger partial charge in [0.25, 0.3) is 5.91 Å². The minimum atomic E-state index is -0.458. The molecular formula is C9H9N3O. The average molecular weight is 175 g/mol. The molecule has 3 N–H and O–H groups in total. The van der Waals surface area contributed by atoms with E-state index in [9.17, 15) is 4.79 Å². The standard InChI is InChI=1S/C9H9N3O/c1-5-6-2-3-11-8(6)7(4-12-5)9(10)13/h2-4,11H,1H3,(H2,10,13). The van der Waals surface area contributed by atoms with Crippen LogP contribution in [0.4, 0.5) is 0 Å². The highest BCUT2D eigenvalue weighted by Crippen LogP contribution is 2.18. The maximum absolute atomic E-state index is 11.0. The van der Waals surface area contributed by atoms with Gasteiger partial charge in [0.05, 0.1) is 11.1 Å². The van der Waals surface area contributed by atoms with Gasteiger partial charge in [-0.25, -0.2) is 0 Å². The number of rotatable bonds is 1. The van der Waals surface area contributed by atoms with Crippen molar-refractivity contribution in [2.24, 2.45) is 5.73 Å². The summed E-state index contributed by atoms with van der Waals surface area (Å²) in [7, 11) is 0. The summed E-state index contributed by atoms with van der Waals surface area (Å²) in [5, 5.41) is 0.941. The van der Waals surface area contributed by atoms with Gasteiger partial charge in [0.2, 0.25) is 0 Å². The number of fused-ring (bicyclic) bond motifs is 1. The molecule has 0 atom stereocenters. The number of pyridine rings is 1. The quantitative estimate of drug-likeness (QED) is 0.677. The van der Waals surface area contributed by atoms with Crippen molar-refractivity contribution in [3.05, 3.63) is 29.7 Å². The molecule has 0 unspecified atom stereocenters. The summed E-state index contributed by atoms with van der Waals surface area (Å²) in [6.07, 6.45) is 3.27. The molecular weight excluding hydrogens is 166 g/mol. The Morgan fingerprint density at radius 3 is 3.08 bits per heavy atom. The number of nitrogens with one attached hydrogen (secondary N) is 1. The summed E-state index contributed by atoms with van der Waals surface area (Å²) in [6, 6.07) is 1.88. The molecule has 0 radical (unpaired) electrons. The first-order valence-electron chi connectivity index (χ1n) is 3.92. The van der Waals surface area contributed by atoms with E-state index < -0.39 is 5.91 Å². The van der Waals surface area contributed by atoms with Crippen LogP contribution in [0.2, 0.25) is 0 Å². The predicted octanol–water partition coefficient (Wildman–Crippen LogP) is 0.970. The summed E-state index contributed by atoms with van der Waals surface area (Å²) in [5.41, 5.74) is 7.28. The number of amides is 1. The van der Waals surface area contributed by atoms with Gasteiger partial charge in [0, 0.05) is 23.5 Å². The first-order valence-corrected chi connectivity index (χ1v) is 3.92. The van der Waals surface area contributed by atoms with Gasteiger partial charge in [0.1, 0.15) is 0 Å². The summed E-state index contributed by atoms with van der Waals surface area (Å²) in [6.45, 7) is 1.89. The minimum Gasteiger partial charge on any atom is -0.365 e. The van der Waals surface area contributed by atoms with Crippen LogP contribution in [0.15, 0.2) is 18.5 Å². The fourth-order valence-electron chi connectivity index (χ4n) is 1.38. The number of aryl methyl sites for hydroxylation is 1. The Hall–Kier alpha value is -1.84. The molecule has 0 spiro atoms. The Bertz CT molecular complexity index is 473. The molecule has 0 bridgehead atoms. The highest BCUT2D eigenvalue weighted by molar-refractivity contribution is 6.04. The Morgan fingerprint density at radius 2 is 2.38 bits per heavy atom. The molecule has 2 aromatic heterocycles. The van der Waals surface area contributed by atoms with Gasteiger partial charge in [0.15, 0.2) is 0 Å². The van der Waals surface area contributed by atoms with Crippen molar-refractivity contribution in [3.8, 4) is 0 Å². The third-order valence-corrected chi connectivity index (χ3v) is 2.06. The lowest BCUT2D eigenvalue weighted by molar-refractivity contribution is 0.100. The third kappa shape index (κ3) is 1.07. The van der Waals surface area contributed by atoms with Crippen LogP contribution < -0.4 is 5.73 Å². The van der Waals surface area contributed by atoms with Crippen LogP contribution in [0.1, 0.15) is 16.1 Å². The molecule has 66 valence electrons. The van der Waals surface area contributed by atoms with E-state index in [1.165, 1.54) is 6.20 Å². The van der Waals surface area contributed by atoms with E-state index in [1.54, 1.807) is 6.20 Å². The molecule has 0 aliphatic carbocycles. The van der Waals surface area contributed by atoms with E-state index >= 15 is 0 Å². The van der Waals surface area contributed by atoms with Crippen molar-refractivity contribution in [2.75, 3.05) is 0 Å². The second-order valence-corrected chi connectivity index (χ2v) is 2.89. The van der Waals surface area contributed by atoms with Crippen LogP contribution >= 0.6 is 0 Å². The molecule has 2 aromatic rings. The zero-order valence-corrected chi connectivity index (χ0v) is 7.16. The molecule has 2 rings (SSSR count). The highest BCUT2D eigenvalue weighted by atomic mass is 16.1. The molecule has 2 heterocycles. The Labute approximate surface area is 74.8 Å². The van der Waals surface area contributed by atoms with Crippen molar-refractivity contribution >= 4 is 16.8 Å². The van der Waals surface area contributed by atoms with Crippen LogP contribution in [0.3, 0.4) is 0 Å². The van der Waals surface area contributed by atoms with Crippen LogP contribution in [0.5, 0.6) is 0 Å². The monoisotopic (exact) mass is 175 g/mol. The molecule has 0 fully saturated rings. The molecule has 0 aliphatic rings. The van der Waals surface area contributed by atoms with Gasteiger partial charge in [-0.15, -0.1) is 0 Å².